The topological polar surface area (TPSA) is 42.0 Å². The number of hydrogen-bond donors (Lipinski definition) is 1. The van der Waals surface area contributed by atoms with Gasteiger partial charge in [0.1, 0.15) is 5.82 Å². The van der Waals surface area contributed by atoms with Gasteiger partial charge in [0, 0.05) is 12.1 Å². The van der Waals surface area contributed by atoms with Crippen molar-refractivity contribution in [2.45, 2.75) is 6.42 Å². The van der Waals surface area contributed by atoms with Crippen LogP contribution in [0.25, 0.3) is 10.2 Å². The lowest BCUT2D eigenvalue weighted by Gasteiger charge is -2.05. The van der Waals surface area contributed by atoms with Gasteiger partial charge in [0.05, 0.1) is 15.7 Å². The van der Waals surface area contributed by atoms with Gasteiger partial charge in [0.25, 0.3) is 5.91 Å². The number of nitrogens with one attached hydrogen (secondary N) is 1. The zero-order chi connectivity index (χ0) is 14.7. The van der Waals surface area contributed by atoms with Crippen molar-refractivity contribution < 1.29 is 9.18 Å². The fourth-order valence-electron chi connectivity index (χ4n) is 2.07. The lowest BCUT2D eigenvalue weighted by atomic mass is 10.1. The number of amides is 1. The number of carbonyl (C=O) groups excluding carboxylic acids is 1. The third-order valence-corrected chi connectivity index (χ3v) is 4.00. The highest BCUT2D eigenvalue weighted by Crippen LogP contribution is 2.18. The highest BCUT2D eigenvalue weighted by molar-refractivity contribution is 7.16. The fraction of sp³-hybridized carbons (Fsp3) is 0.125. The largest absolute Gasteiger partial charge is 0.352 e. The molecule has 0 aliphatic rings. The molecule has 0 fully saturated rings. The summed E-state index contributed by atoms with van der Waals surface area (Å²) in [5.41, 5.74) is 4.30. The molecule has 0 bridgehead atoms. The van der Waals surface area contributed by atoms with Crippen molar-refractivity contribution in [2.75, 3.05) is 6.54 Å². The molecule has 3 nitrogen and oxygen atoms in total. The lowest BCUT2D eigenvalue weighted by Crippen LogP contribution is -2.25. The number of hydrogen-bond acceptors (Lipinski definition) is 3. The molecule has 1 heterocycles. The summed E-state index contributed by atoms with van der Waals surface area (Å²) in [5, 5.41) is 2.87. The predicted molar refractivity (Wildman–Crippen MR) is 82.1 cm³/mol. The van der Waals surface area contributed by atoms with Gasteiger partial charge < -0.3 is 5.32 Å². The van der Waals surface area contributed by atoms with E-state index in [1.54, 1.807) is 23.7 Å². The van der Waals surface area contributed by atoms with Gasteiger partial charge in [-0.05, 0) is 42.3 Å². The van der Waals surface area contributed by atoms with Crippen molar-refractivity contribution in [1.29, 1.82) is 0 Å². The molecule has 1 amide bonds. The fourth-order valence-corrected chi connectivity index (χ4v) is 2.79. The Bertz CT molecular complexity index is 767. The Morgan fingerprint density at radius 2 is 2.00 bits per heavy atom. The van der Waals surface area contributed by atoms with E-state index in [9.17, 15) is 9.18 Å². The van der Waals surface area contributed by atoms with Crippen LogP contribution < -0.4 is 5.32 Å². The standard InChI is InChI=1S/C16H13FN2OS/c17-13-4-1-11(2-5-13)7-8-18-16(20)12-3-6-14-15(9-12)21-10-19-14/h1-6,9-10H,7-8H2,(H,18,20). The molecule has 1 N–H and O–H groups in total. The van der Waals surface area contributed by atoms with Crippen molar-refractivity contribution in [2.24, 2.45) is 0 Å². The monoisotopic (exact) mass is 300 g/mol. The Kier molecular flexibility index (Phi) is 3.92. The molecular formula is C16H13FN2OS. The Hall–Kier alpha value is -2.27. The average Bonchev–Trinajstić information content (AvgIpc) is 2.96. The number of fused-ring (bicyclic) bond motifs is 1. The summed E-state index contributed by atoms with van der Waals surface area (Å²) in [4.78, 5) is 16.3. The first-order valence-corrected chi connectivity index (χ1v) is 7.46. The van der Waals surface area contributed by atoms with Crippen molar-refractivity contribution >= 4 is 27.5 Å². The molecule has 21 heavy (non-hydrogen) atoms. The average molecular weight is 300 g/mol. The van der Waals surface area contributed by atoms with Gasteiger partial charge >= 0.3 is 0 Å². The van der Waals surface area contributed by atoms with E-state index in [0.717, 1.165) is 15.8 Å². The molecule has 0 saturated carbocycles. The van der Waals surface area contributed by atoms with Gasteiger partial charge in [-0.2, -0.15) is 0 Å². The van der Waals surface area contributed by atoms with Crippen LogP contribution in [0, 0.1) is 5.82 Å². The molecule has 3 rings (SSSR count). The van der Waals surface area contributed by atoms with Gasteiger partial charge in [-0.3, -0.25) is 4.79 Å². The second-order valence-corrected chi connectivity index (χ2v) is 5.55. The first-order chi connectivity index (χ1) is 10.2. The summed E-state index contributed by atoms with van der Waals surface area (Å²) in [6.07, 6.45) is 0.675. The minimum atomic E-state index is -0.249. The van der Waals surface area contributed by atoms with E-state index in [1.165, 1.54) is 23.5 Å². The highest BCUT2D eigenvalue weighted by atomic mass is 32.1. The molecule has 0 saturated heterocycles. The van der Waals surface area contributed by atoms with Gasteiger partial charge in [0.15, 0.2) is 0 Å². The molecule has 3 aromatic rings. The second kappa shape index (κ2) is 6.01. The quantitative estimate of drug-likeness (QED) is 0.802. The summed E-state index contributed by atoms with van der Waals surface area (Å²) < 4.78 is 13.8. The zero-order valence-corrected chi connectivity index (χ0v) is 12.0. The normalized spacial score (nSPS) is 10.7. The molecule has 0 atom stereocenters. The molecule has 0 radical (unpaired) electrons. The Morgan fingerprint density at radius 3 is 2.81 bits per heavy atom. The summed E-state index contributed by atoms with van der Waals surface area (Å²) >= 11 is 1.51. The van der Waals surface area contributed by atoms with Crippen molar-refractivity contribution in [3.8, 4) is 0 Å². The molecule has 106 valence electrons. The molecule has 0 spiro atoms. The molecular weight excluding hydrogens is 287 g/mol. The zero-order valence-electron chi connectivity index (χ0n) is 11.2. The minimum Gasteiger partial charge on any atom is -0.352 e. The molecule has 0 aliphatic heterocycles. The van der Waals surface area contributed by atoms with Crippen molar-refractivity contribution in [3.63, 3.8) is 0 Å². The van der Waals surface area contributed by atoms with Crippen LogP contribution >= 0.6 is 11.3 Å². The SMILES string of the molecule is O=C(NCCc1ccc(F)cc1)c1ccc2ncsc2c1. The van der Waals surface area contributed by atoms with Crippen molar-refractivity contribution in [1.82, 2.24) is 10.3 Å². The van der Waals surface area contributed by atoms with Crippen LogP contribution in [0.15, 0.2) is 48.0 Å². The first kappa shape index (κ1) is 13.7. The summed E-state index contributed by atoms with van der Waals surface area (Å²) in [7, 11) is 0. The van der Waals surface area contributed by atoms with E-state index in [0.29, 0.717) is 18.5 Å². The number of aromatic nitrogens is 1. The summed E-state index contributed by atoms with van der Waals surface area (Å²) in [5.74, 6) is -0.354. The van der Waals surface area contributed by atoms with Crippen LogP contribution in [0.1, 0.15) is 15.9 Å². The van der Waals surface area contributed by atoms with E-state index in [1.807, 2.05) is 12.1 Å². The van der Waals surface area contributed by atoms with Gasteiger partial charge in [-0.25, -0.2) is 9.37 Å². The van der Waals surface area contributed by atoms with E-state index in [2.05, 4.69) is 10.3 Å². The maximum absolute atomic E-state index is 12.8. The summed E-state index contributed by atoms with van der Waals surface area (Å²) in [6.45, 7) is 0.519. The van der Waals surface area contributed by atoms with Crippen molar-refractivity contribution in [3.05, 3.63) is 64.9 Å². The molecule has 0 unspecified atom stereocenters. The molecule has 0 aliphatic carbocycles. The number of halogens is 1. The van der Waals surface area contributed by atoms with Gasteiger partial charge in [-0.1, -0.05) is 12.1 Å². The smallest absolute Gasteiger partial charge is 0.251 e. The second-order valence-electron chi connectivity index (χ2n) is 4.67. The Morgan fingerprint density at radius 1 is 1.19 bits per heavy atom. The third kappa shape index (κ3) is 3.25. The maximum atomic E-state index is 12.8. The number of thiazole rings is 1. The third-order valence-electron chi connectivity index (χ3n) is 3.21. The molecule has 2 aromatic carbocycles. The number of rotatable bonds is 4. The highest BCUT2D eigenvalue weighted by Gasteiger charge is 2.07. The maximum Gasteiger partial charge on any atom is 0.251 e. The van der Waals surface area contributed by atoms with Gasteiger partial charge in [-0.15, -0.1) is 11.3 Å². The van der Waals surface area contributed by atoms with Crippen LogP contribution in [0.5, 0.6) is 0 Å². The van der Waals surface area contributed by atoms with E-state index in [4.69, 9.17) is 0 Å². The number of carbonyl (C=O) groups is 1. The first-order valence-electron chi connectivity index (χ1n) is 6.58. The van der Waals surface area contributed by atoms with E-state index < -0.39 is 0 Å². The molecule has 5 heteroatoms. The number of nitrogens with zero attached hydrogens (tertiary/aromatic N) is 1. The van der Waals surface area contributed by atoms with Gasteiger partial charge in [0.2, 0.25) is 0 Å². The van der Waals surface area contributed by atoms with Crippen LogP contribution in [0.2, 0.25) is 0 Å². The Labute approximate surface area is 125 Å². The lowest BCUT2D eigenvalue weighted by molar-refractivity contribution is 0.0954. The summed E-state index contributed by atoms with van der Waals surface area (Å²) in [6, 6.07) is 11.8. The van der Waals surface area contributed by atoms with E-state index in [-0.39, 0.29) is 11.7 Å². The van der Waals surface area contributed by atoms with Crippen LogP contribution in [0.3, 0.4) is 0 Å². The van der Waals surface area contributed by atoms with E-state index >= 15 is 0 Å². The molecule has 1 aromatic heterocycles. The Balaban J connectivity index is 1.59. The van der Waals surface area contributed by atoms with Crippen LogP contribution in [-0.2, 0) is 6.42 Å². The van der Waals surface area contributed by atoms with Crippen LogP contribution in [0.4, 0.5) is 4.39 Å². The minimum absolute atomic E-state index is 0.104. The predicted octanol–water partition coefficient (Wildman–Crippen LogP) is 3.41. The van der Waals surface area contributed by atoms with Crippen LogP contribution in [-0.4, -0.2) is 17.4 Å². The number of benzene rings is 2.